The molecule has 1 aromatic carbocycles. The first-order chi connectivity index (χ1) is 6.83. The van der Waals surface area contributed by atoms with E-state index in [0.717, 1.165) is 4.47 Å². The summed E-state index contributed by atoms with van der Waals surface area (Å²) in [7, 11) is 0. The van der Waals surface area contributed by atoms with Crippen molar-refractivity contribution in [2.45, 2.75) is 25.3 Å². The number of nitrogens with two attached hydrogens (primary N) is 1. The molecule has 0 aliphatic carbocycles. The van der Waals surface area contributed by atoms with Crippen molar-refractivity contribution in [1.82, 2.24) is 0 Å². The predicted octanol–water partition coefficient (Wildman–Crippen LogP) is 2.68. The second-order valence-corrected chi connectivity index (χ2v) is 4.67. The lowest BCUT2D eigenvalue weighted by Crippen LogP contribution is -2.45. The minimum absolute atomic E-state index is 0.0180. The molecule has 0 aliphatic heterocycles. The lowest BCUT2D eigenvalue weighted by molar-refractivity contribution is 0.0636. The number of benzene rings is 1. The summed E-state index contributed by atoms with van der Waals surface area (Å²) in [6, 6.07) is 4.67. The largest absolute Gasteiger partial charge is 0.508 e. The fraction of sp³-hybridized carbons (Fsp3) is 0.400. The molecule has 15 heavy (non-hydrogen) atoms. The Morgan fingerprint density at radius 3 is 2.67 bits per heavy atom. The molecule has 0 saturated heterocycles. The van der Waals surface area contributed by atoms with Crippen LogP contribution in [-0.2, 0) is 6.42 Å². The van der Waals surface area contributed by atoms with Crippen molar-refractivity contribution in [2.75, 3.05) is 0 Å². The topological polar surface area (TPSA) is 46.2 Å². The molecule has 1 rings (SSSR count). The molecule has 0 heterocycles. The van der Waals surface area contributed by atoms with Gasteiger partial charge in [-0.05, 0) is 37.1 Å². The maximum atomic E-state index is 12.5. The molecule has 0 radical (unpaired) electrons. The number of alkyl halides is 2. The van der Waals surface area contributed by atoms with Crippen LogP contribution >= 0.6 is 15.9 Å². The van der Waals surface area contributed by atoms with E-state index < -0.39 is 12.0 Å². The van der Waals surface area contributed by atoms with Gasteiger partial charge < -0.3 is 10.8 Å². The van der Waals surface area contributed by atoms with Crippen molar-refractivity contribution in [3.63, 3.8) is 0 Å². The van der Waals surface area contributed by atoms with E-state index in [1.807, 2.05) is 0 Å². The molecule has 5 heteroatoms. The third-order valence-electron chi connectivity index (χ3n) is 2.11. The third kappa shape index (κ3) is 3.14. The highest BCUT2D eigenvalue weighted by Crippen LogP contribution is 2.27. The maximum absolute atomic E-state index is 12.5. The molecule has 0 saturated carbocycles. The van der Waals surface area contributed by atoms with Crippen molar-refractivity contribution in [3.8, 4) is 5.75 Å². The van der Waals surface area contributed by atoms with E-state index in [9.17, 15) is 13.9 Å². The second kappa shape index (κ2) is 4.45. The van der Waals surface area contributed by atoms with E-state index in [1.165, 1.54) is 13.0 Å². The quantitative estimate of drug-likeness (QED) is 0.894. The zero-order chi connectivity index (χ0) is 11.6. The molecule has 0 spiro atoms. The van der Waals surface area contributed by atoms with Crippen LogP contribution in [0.4, 0.5) is 8.78 Å². The molecule has 0 bridgehead atoms. The zero-order valence-electron chi connectivity index (χ0n) is 8.17. The molecule has 3 N–H and O–H groups in total. The van der Waals surface area contributed by atoms with Crippen LogP contribution in [0.1, 0.15) is 12.5 Å². The minimum Gasteiger partial charge on any atom is -0.508 e. The van der Waals surface area contributed by atoms with Gasteiger partial charge in [0.2, 0.25) is 0 Å². The monoisotopic (exact) mass is 279 g/mol. The highest BCUT2D eigenvalue weighted by atomic mass is 79.9. The molecule has 84 valence electrons. The molecular weight excluding hydrogens is 268 g/mol. The summed E-state index contributed by atoms with van der Waals surface area (Å²) >= 11 is 3.20. The van der Waals surface area contributed by atoms with Crippen LogP contribution in [0.2, 0.25) is 0 Å². The van der Waals surface area contributed by atoms with Gasteiger partial charge in [0, 0.05) is 4.47 Å². The Bertz CT molecular complexity index is 355. The van der Waals surface area contributed by atoms with Gasteiger partial charge in [-0.25, -0.2) is 8.78 Å². The molecule has 2 nitrogen and oxygen atoms in total. The molecule has 0 amide bonds. The fourth-order valence-electron chi connectivity index (χ4n) is 1.18. The van der Waals surface area contributed by atoms with E-state index in [0.29, 0.717) is 5.56 Å². The predicted molar refractivity (Wildman–Crippen MR) is 58.1 cm³/mol. The first kappa shape index (κ1) is 12.4. The molecule has 1 atom stereocenters. The average Bonchev–Trinajstić information content (AvgIpc) is 2.10. The maximum Gasteiger partial charge on any atom is 0.256 e. The second-order valence-electron chi connectivity index (χ2n) is 3.76. The Morgan fingerprint density at radius 1 is 1.53 bits per heavy atom. The number of hydrogen-bond donors (Lipinski definition) is 2. The molecular formula is C10H12BrF2NO. The van der Waals surface area contributed by atoms with Crippen LogP contribution in [0.25, 0.3) is 0 Å². The fourth-order valence-corrected chi connectivity index (χ4v) is 1.59. The Hall–Kier alpha value is -0.680. The van der Waals surface area contributed by atoms with Crippen LogP contribution in [0.15, 0.2) is 22.7 Å². The van der Waals surface area contributed by atoms with Gasteiger partial charge in [0.15, 0.2) is 0 Å². The van der Waals surface area contributed by atoms with Gasteiger partial charge >= 0.3 is 0 Å². The van der Waals surface area contributed by atoms with Crippen molar-refractivity contribution in [2.24, 2.45) is 5.73 Å². The van der Waals surface area contributed by atoms with E-state index in [2.05, 4.69) is 15.9 Å². The van der Waals surface area contributed by atoms with Gasteiger partial charge in [0.25, 0.3) is 6.43 Å². The summed E-state index contributed by atoms with van der Waals surface area (Å²) in [5.41, 5.74) is 4.22. The van der Waals surface area contributed by atoms with Gasteiger partial charge in [0.05, 0.1) is 5.54 Å². The number of rotatable bonds is 3. The van der Waals surface area contributed by atoms with Crippen LogP contribution < -0.4 is 5.73 Å². The first-order valence-corrected chi connectivity index (χ1v) is 5.16. The molecule has 0 aromatic heterocycles. The number of phenols is 1. The highest BCUT2D eigenvalue weighted by molar-refractivity contribution is 9.10. The van der Waals surface area contributed by atoms with Crippen molar-refractivity contribution >= 4 is 15.9 Å². The number of phenolic OH excluding ortho intramolecular Hbond substituents is 1. The Morgan fingerprint density at radius 2 is 2.13 bits per heavy atom. The Kier molecular flexibility index (Phi) is 3.67. The van der Waals surface area contributed by atoms with Gasteiger partial charge in [-0.1, -0.05) is 15.9 Å². The smallest absolute Gasteiger partial charge is 0.256 e. The standard InChI is InChI=1S/C10H12BrF2NO/c1-10(14,9(12)13)5-6-4-7(11)2-3-8(6)15/h2-4,9,15H,5,14H2,1H3. The van der Waals surface area contributed by atoms with E-state index in [4.69, 9.17) is 5.73 Å². The van der Waals surface area contributed by atoms with Gasteiger partial charge in [-0.2, -0.15) is 0 Å². The lowest BCUT2D eigenvalue weighted by atomic mass is 9.94. The van der Waals surface area contributed by atoms with E-state index in [1.54, 1.807) is 12.1 Å². The average molecular weight is 280 g/mol. The number of halogens is 3. The van der Waals surface area contributed by atoms with Crippen LogP contribution in [-0.4, -0.2) is 17.1 Å². The Labute approximate surface area is 95.2 Å². The minimum atomic E-state index is -2.63. The zero-order valence-corrected chi connectivity index (χ0v) is 9.76. The summed E-state index contributed by atoms with van der Waals surface area (Å²) in [6.45, 7) is 1.26. The summed E-state index contributed by atoms with van der Waals surface area (Å²) in [4.78, 5) is 0. The van der Waals surface area contributed by atoms with Gasteiger partial charge in [0.1, 0.15) is 5.75 Å². The molecule has 0 aliphatic rings. The van der Waals surface area contributed by atoms with Gasteiger partial charge in [-0.15, -0.1) is 0 Å². The molecule has 1 unspecified atom stereocenters. The summed E-state index contributed by atoms with van der Waals surface area (Å²) in [5.74, 6) is -0.0180. The van der Waals surface area contributed by atoms with Crippen LogP contribution in [0.5, 0.6) is 5.75 Å². The highest BCUT2D eigenvalue weighted by Gasteiger charge is 2.31. The summed E-state index contributed by atoms with van der Waals surface area (Å²) < 4.78 is 25.7. The van der Waals surface area contributed by atoms with Crippen molar-refractivity contribution in [1.29, 1.82) is 0 Å². The third-order valence-corrected chi connectivity index (χ3v) is 2.60. The normalized spacial score (nSPS) is 15.3. The SMILES string of the molecule is CC(N)(Cc1cc(Br)ccc1O)C(F)F. The van der Waals surface area contributed by atoms with Crippen molar-refractivity contribution in [3.05, 3.63) is 28.2 Å². The lowest BCUT2D eigenvalue weighted by Gasteiger charge is -2.23. The number of aromatic hydroxyl groups is 1. The van der Waals surface area contributed by atoms with Crippen LogP contribution in [0.3, 0.4) is 0 Å². The van der Waals surface area contributed by atoms with Crippen molar-refractivity contribution < 1.29 is 13.9 Å². The first-order valence-electron chi connectivity index (χ1n) is 4.37. The summed E-state index contributed by atoms with van der Waals surface area (Å²) in [5, 5.41) is 9.46. The van der Waals surface area contributed by atoms with E-state index in [-0.39, 0.29) is 12.2 Å². The molecule has 0 fully saturated rings. The van der Waals surface area contributed by atoms with E-state index >= 15 is 0 Å². The van der Waals surface area contributed by atoms with Gasteiger partial charge in [-0.3, -0.25) is 0 Å². The van der Waals surface area contributed by atoms with Crippen LogP contribution in [0, 0.1) is 0 Å². The molecule has 1 aromatic rings. The Balaban J connectivity index is 2.94. The number of hydrogen-bond acceptors (Lipinski definition) is 2. The summed E-state index contributed by atoms with van der Waals surface area (Å²) in [6.07, 6.45) is -2.70.